The lowest BCUT2D eigenvalue weighted by atomic mass is 9.76. The van der Waals surface area contributed by atoms with Gasteiger partial charge in [-0.25, -0.2) is 0 Å². The summed E-state index contributed by atoms with van der Waals surface area (Å²) in [7, 11) is 3.66. The van der Waals surface area contributed by atoms with Crippen LogP contribution >= 0.6 is 0 Å². The smallest absolute Gasteiger partial charge is 0.222 e. The van der Waals surface area contributed by atoms with Crippen molar-refractivity contribution in [1.29, 1.82) is 0 Å². The minimum atomic E-state index is -0.161. The van der Waals surface area contributed by atoms with Gasteiger partial charge < -0.3 is 14.1 Å². The van der Waals surface area contributed by atoms with Crippen LogP contribution in [0.15, 0.2) is 47.1 Å². The Balaban J connectivity index is 1.48. The third-order valence-electron chi connectivity index (χ3n) is 5.95. The van der Waals surface area contributed by atoms with Crippen LogP contribution in [0.3, 0.4) is 0 Å². The third kappa shape index (κ3) is 3.88. The second-order valence-electron chi connectivity index (χ2n) is 8.07. The van der Waals surface area contributed by atoms with Gasteiger partial charge in [0.25, 0.3) is 0 Å². The molecule has 0 radical (unpaired) electrons. The molecule has 1 fully saturated rings. The zero-order valence-corrected chi connectivity index (χ0v) is 16.2. The number of fused-ring (bicyclic) bond motifs is 1. The molecule has 1 atom stereocenters. The van der Waals surface area contributed by atoms with Crippen molar-refractivity contribution in [2.75, 3.05) is 27.2 Å². The van der Waals surface area contributed by atoms with Gasteiger partial charge in [-0.15, -0.1) is 0 Å². The van der Waals surface area contributed by atoms with Crippen LogP contribution < -0.4 is 4.74 Å². The van der Waals surface area contributed by atoms with E-state index >= 15 is 0 Å². The number of amides is 1. The van der Waals surface area contributed by atoms with Crippen molar-refractivity contribution in [3.05, 3.63) is 54.0 Å². The molecule has 2 aromatic rings. The van der Waals surface area contributed by atoms with Crippen LogP contribution in [-0.2, 0) is 11.3 Å². The summed E-state index contributed by atoms with van der Waals surface area (Å²) >= 11 is 0. The molecule has 4 rings (SSSR count). The molecule has 5 heteroatoms. The van der Waals surface area contributed by atoms with Gasteiger partial charge in [0.1, 0.15) is 17.1 Å². The molecule has 0 bridgehead atoms. The Morgan fingerprint density at radius 2 is 1.96 bits per heavy atom. The maximum absolute atomic E-state index is 12.4. The number of benzene rings is 1. The minimum absolute atomic E-state index is 0.161. The van der Waals surface area contributed by atoms with Crippen LogP contribution in [0.5, 0.6) is 5.75 Å². The first kappa shape index (κ1) is 18.1. The lowest BCUT2D eigenvalue weighted by Crippen LogP contribution is -2.50. The van der Waals surface area contributed by atoms with Gasteiger partial charge in [-0.2, -0.15) is 0 Å². The number of carbonyl (C=O) groups excluding carboxylic acids is 1. The average Bonchev–Trinajstić information content (AvgIpc) is 3.17. The summed E-state index contributed by atoms with van der Waals surface area (Å²) in [5.41, 5.74) is 1.02. The van der Waals surface area contributed by atoms with E-state index < -0.39 is 0 Å². The number of likely N-dealkylation sites (tertiary alicyclic amines) is 1. The van der Waals surface area contributed by atoms with E-state index in [2.05, 4.69) is 17.0 Å². The van der Waals surface area contributed by atoms with Gasteiger partial charge in [0.2, 0.25) is 5.91 Å². The Bertz CT molecular complexity index is 777. The summed E-state index contributed by atoms with van der Waals surface area (Å²) in [6.07, 6.45) is 5.15. The van der Waals surface area contributed by atoms with Crippen molar-refractivity contribution in [3.8, 4) is 5.75 Å². The van der Waals surface area contributed by atoms with Gasteiger partial charge in [0.15, 0.2) is 0 Å². The van der Waals surface area contributed by atoms with Crippen LogP contribution in [0, 0.1) is 0 Å². The molecule has 0 aliphatic carbocycles. The number of hydrogen-bond acceptors (Lipinski definition) is 4. The number of carbonyl (C=O) groups is 1. The highest BCUT2D eigenvalue weighted by Gasteiger charge is 2.43. The topological polar surface area (TPSA) is 45.9 Å². The Hall–Kier alpha value is -2.27. The average molecular weight is 368 g/mol. The van der Waals surface area contributed by atoms with Crippen molar-refractivity contribution in [3.63, 3.8) is 0 Å². The zero-order chi connectivity index (χ0) is 18.9. The highest BCUT2D eigenvalue weighted by molar-refractivity contribution is 5.76. The Morgan fingerprint density at radius 1 is 1.19 bits per heavy atom. The summed E-state index contributed by atoms with van der Waals surface area (Å²) in [4.78, 5) is 16.5. The molecule has 1 spiro atoms. The van der Waals surface area contributed by atoms with Gasteiger partial charge in [0.05, 0.1) is 12.8 Å². The van der Waals surface area contributed by atoms with E-state index in [0.717, 1.165) is 50.4 Å². The summed E-state index contributed by atoms with van der Waals surface area (Å²) in [5.74, 6) is 2.37. The van der Waals surface area contributed by atoms with Crippen LogP contribution in [0.25, 0.3) is 0 Å². The molecule has 1 saturated heterocycles. The number of piperidine rings is 1. The van der Waals surface area contributed by atoms with E-state index in [9.17, 15) is 4.79 Å². The monoisotopic (exact) mass is 368 g/mol. The Morgan fingerprint density at radius 3 is 2.67 bits per heavy atom. The SMILES string of the molecule is CN(C)C(=O)C[C@@H]1CC2(CCN(Cc3ccco3)CC2)Oc2ccccc21. The number of para-hydroxylation sites is 1. The molecular formula is C22H28N2O3. The van der Waals surface area contributed by atoms with E-state index in [-0.39, 0.29) is 17.4 Å². The fourth-order valence-electron chi connectivity index (χ4n) is 4.37. The molecule has 0 saturated carbocycles. The number of ether oxygens (including phenoxy) is 1. The second kappa shape index (κ2) is 7.39. The van der Waals surface area contributed by atoms with Crippen LogP contribution in [0.4, 0.5) is 0 Å². The van der Waals surface area contributed by atoms with Crippen molar-refractivity contribution in [1.82, 2.24) is 9.80 Å². The molecule has 3 heterocycles. The minimum Gasteiger partial charge on any atom is -0.487 e. The molecule has 144 valence electrons. The van der Waals surface area contributed by atoms with E-state index in [0.29, 0.717) is 6.42 Å². The first-order chi connectivity index (χ1) is 13.0. The highest BCUT2D eigenvalue weighted by atomic mass is 16.5. The fraction of sp³-hybridized carbons (Fsp3) is 0.500. The van der Waals surface area contributed by atoms with E-state index in [1.54, 1.807) is 11.2 Å². The van der Waals surface area contributed by atoms with Gasteiger partial charge in [-0.05, 0) is 43.0 Å². The molecule has 27 heavy (non-hydrogen) atoms. The van der Waals surface area contributed by atoms with Crippen LogP contribution in [0.2, 0.25) is 0 Å². The highest BCUT2D eigenvalue weighted by Crippen LogP contribution is 2.46. The molecular weight excluding hydrogens is 340 g/mol. The van der Waals surface area contributed by atoms with E-state index in [1.165, 1.54) is 5.56 Å². The van der Waals surface area contributed by atoms with Gasteiger partial charge in [-0.1, -0.05) is 18.2 Å². The quantitative estimate of drug-likeness (QED) is 0.826. The second-order valence-corrected chi connectivity index (χ2v) is 8.07. The van der Waals surface area contributed by atoms with Gasteiger partial charge >= 0.3 is 0 Å². The van der Waals surface area contributed by atoms with Crippen molar-refractivity contribution >= 4 is 5.91 Å². The predicted molar refractivity (Wildman–Crippen MR) is 104 cm³/mol. The van der Waals surface area contributed by atoms with Crippen molar-refractivity contribution in [2.45, 2.75) is 43.7 Å². The standard InChI is InChI=1S/C22H28N2O3/c1-23(2)21(25)14-17-15-22(27-20-8-4-3-7-19(17)20)9-11-24(12-10-22)16-18-6-5-13-26-18/h3-8,13,17H,9-12,14-16H2,1-2H3/t17-/m1/s1. The number of furan rings is 1. The fourth-order valence-corrected chi connectivity index (χ4v) is 4.37. The number of rotatable bonds is 4. The molecule has 2 aliphatic heterocycles. The first-order valence-electron chi connectivity index (χ1n) is 9.77. The van der Waals surface area contributed by atoms with E-state index in [4.69, 9.17) is 9.15 Å². The third-order valence-corrected chi connectivity index (χ3v) is 5.95. The molecule has 2 aliphatic rings. The Kier molecular flexibility index (Phi) is 4.96. The zero-order valence-electron chi connectivity index (χ0n) is 16.2. The summed E-state index contributed by atoms with van der Waals surface area (Å²) < 4.78 is 12.0. The normalized spacial score (nSPS) is 21.5. The predicted octanol–water partition coefficient (Wildman–Crippen LogP) is 3.66. The lowest BCUT2D eigenvalue weighted by Gasteiger charge is -2.47. The maximum Gasteiger partial charge on any atom is 0.222 e. The van der Waals surface area contributed by atoms with Crippen LogP contribution in [-0.4, -0.2) is 48.5 Å². The van der Waals surface area contributed by atoms with Crippen molar-refractivity contribution in [2.24, 2.45) is 0 Å². The van der Waals surface area contributed by atoms with Crippen LogP contribution in [0.1, 0.15) is 42.9 Å². The molecule has 0 N–H and O–H groups in total. The largest absolute Gasteiger partial charge is 0.487 e. The Labute approximate surface area is 160 Å². The molecule has 0 unspecified atom stereocenters. The maximum atomic E-state index is 12.4. The first-order valence-corrected chi connectivity index (χ1v) is 9.77. The number of hydrogen-bond donors (Lipinski definition) is 0. The summed E-state index contributed by atoms with van der Waals surface area (Å²) in [6.45, 7) is 2.82. The molecule has 5 nitrogen and oxygen atoms in total. The van der Waals surface area contributed by atoms with Crippen molar-refractivity contribution < 1.29 is 13.9 Å². The number of nitrogens with zero attached hydrogens (tertiary/aromatic N) is 2. The van der Waals surface area contributed by atoms with Gasteiger partial charge in [0, 0.05) is 39.5 Å². The lowest BCUT2D eigenvalue weighted by molar-refractivity contribution is -0.129. The molecule has 1 aromatic carbocycles. The summed E-state index contributed by atoms with van der Waals surface area (Å²) in [6, 6.07) is 12.2. The molecule has 1 aromatic heterocycles. The van der Waals surface area contributed by atoms with E-state index in [1.807, 2.05) is 38.4 Å². The summed E-state index contributed by atoms with van der Waals surface area (Å²) in [5, 5.41) is 0. The van der Waals surface area contributed by atoms with Gasteiger partial charge in [-0.3, -0.25) is 9.69 Å². The molecule has 1 amide bonds.